The van der Waals surface area contributed by atoms with Gasteiger partial charge < -0.3 is 4.74 Å². The highest BCUT2D eigenvalue weighted by Gasteiger charge is 2.20. The van der Waals surface area contributed by atoms with Crippen LogP contribution in [0.25, 0.3) is 0 Å². The van der Waals surface area contributed by atoms with Crippen molar-refractivity contribution in [1.82, 2.24) is 4.98 Å². The van der Waals surface area contributed by atoms with Crippen LogP contribution in [0.3, 0.4) is 0 Å². The van der Waals surface area contributed by atoms with Crippen LogP contribution in [0, 0.1) is 6.92 Å². The Labute approximate surface area is 132 Å². The van der Waals surface area contributed by atoms with Gasteiger partial charge in [0, 0.05) is 11.1 Å². The molecule has 0 aliphatic carbocycles. The number of benzene rings is 1. The van der Waals surface area contributed by atoms with Crippen molar-refractivity contribution in [2.45, 2.75) is 11.8 Å². The largest absolute Gasteiger partial charge is 0.495 e. The molecule has 0 saturated carbocycles. The summed E-state index contributed by atoms with van der Waals surface area (Å²) in [5.74, 6) is 0.162. The second-order valence-corrected chi connectivity index (χ2v) is 6.64. The average Bonchev–Trinajstić information content (AvgIpc) is 2.41. The summed E-state index contributed by atoms with van der Waals surface area (Å²) < 4.78 is 32.4. The topological polar surface area (TPSA) is 68.3 Å². The van der Waals surface area contributed by atoms with Crippen LogP contribution < -0.4 is 9.46 Å². The molecule has 0 spiro atoms. The number of aryl methyl sites for hydroxylation is 1. The number of nitrogens with zero attached hydrogens (tertiary/aromatic N) is 1. The second kappa shape index (κ2) is 6.09. The highest BCUT2D eigenvalue weighted by Crippen LogP contribution is 2.29. The van der Waals surface area contributed by atoms with Gasteiger partial charge in [-0.15, -0.1) is 0 Å². The van der Waals surface area contributed by atoms with Crippen molar-refractivity contribution in [3.8, 4) is 5.75 Å². The van der Waals surface area contributed by atoms with E-state index in [1.807, 2.05) is 0 Å². The average molecular weight is 347 g/mol. The van der Waals surface area contributed by atoms with Gasteiger partial charge in [0.2, 0.25) is 0 Å². The first kappa shape index (κ1) is 15.9. The van der Waals surface area contributed by atoms with E-state index >= 15 is 0 Å². The van der Waals surface area contributed by atoms with Crippen LogP contribution in [0.5, 0.6) is 5.75 Å². The first-order chi connectivity index (χ1) is 9.83. The standard InChI is InChI=1S/C13H12Cl2N2O3S/c1-8-10(4-6-13(15)16-8)17-21(18,19)12-5-3-9(14)7-11(12)20-2/h3-7,17H,1-2H3. The highest BCUT2D eigenvalue weighted by molar-refractivity contribution is 7.92. The van der Waals surface area contributed by atoms with E-state index in [2.05, 4.69) is 9.71 Å². The van der Waals surface area contributed by atoms with Crippen LogP contribution in [-0.4, -0.2) is 20.5 Å². The Balaban J connectivity index is 2.43. The zero-order valence-corrected chi connectivity index (χ0v) is 13.6. The zero-order valence-electron chi connectivity index (χ0n) is 11.2. The molecular formula is C13H12Cl2N2O3S. The van der Waals surface area contributed by atoms with Gasteiger partial charge in [0.1, 0.15) is 15.8 Å². The summed E-state index contributed by atoms with van der Waals surface area (Å²) in [5.41, 5.74) is 0.815. The summed E-state index contributed by atoms with van der Waals surface area (Å²) in [6.07, 6.45) is 0. The van der Waals surface area contributed by atoms with Crippen molar-refractivity contribution in [3.63, 3.8) is 0 Å². The third kappa shape index (κ3) is 3.58. The van der Waals surface area contributed by atoms with Crippen molar-refractivity contribution >= 4 is 38.9 Å². The maximum Gasteiger partial charge on any atom is 0.265 e. The Morgan fingerprint density at radius 2 is 1.90 bits per heavy atom. The number of methoxy groups -OCH3 is 1. The molecule has 0 radical (unpaired) electrons. The molecule has 0 fully saturated rings. The number of nitrogens with one attached hydrogen (secondary N) is 1. The SMILES string of the molecule is COc1cc(Cl)ccc1S(=O)(=O)Nc1ccc(Cl)nc1C. The van der Waals surface area contributed by atoms with Crippen LogP contribution >= 0.6 is 23.2 Å². The molecule has 5 nitrogen and oxygen atoms in total. The number of halogens is 2. The van der Waals surface area contributed by atoms with Gasteiger partial charge in [0.25, 0.3) is 10.0 Å². The molecule has 1 aromatic carbocycles. The predicted octanol–water partition coefficient (Wildman–Crippen LogP) is 3.51. The van der Waals surface area contributed by atoms with E-state index in [0.29, 0.717) is 21.6 Å². The Kier molecular flexibility index (Phi) is 4.61. The van der Waals surface area contributed by atoms with Crippen LogP contribution in [0.4, 0.5) is 5.69 Å². The van der Waals surface area contributed by atoms with E-state index in [-0.39, 0.29) is 10.6 Å². The molecule has 1 aromatic heterocycles. The lowest BCUT2D eigenvalue weighted by Gasteiger charge is -2.13. The lowest BCUT2D eigenvalue weighted by molar-refractivity contribution is 0.403. The number of pyridine rings is 1. The Hall–Kier alpha value is -1.50. The summed E-state index contributed by atoms with van der Waals surface area (Å²) in [4.78, 5) is 3.98. The minimum atomic E-state index is -3.82. The summed E-state index contributed by atoms with van der Waals surface area (Å²) >= 11 is 11.6. The minimum Gasteiger partial charge on any atom is -0.495 e. The molecular weight excluding hydrogens is 335 g/mol. The number of hydrogen-bond donors (Lipinski definition) is 1. The second-order valence-electron chi connectivity index (χ2n) is 4.17. The summed E-state index contributed by atoms with van der Waals surface area (Å²) in [6.45, 7) is 1.66. The minimum absolute atomic E-state index is 0.0104. The molecule has 8 heteroatoms. The van der Waals surface area contributed by atoms with Crippen molar-refractivity contribution in [2.24, 2.45) is 0 Å². The van der Waals surface area contributed by atoms with Gasteiger partial charge in [-0.05, 0) is 31.2 Å². The molecule has 1 N–H and O–H groups in total. The molecule has 0 saturated heterocycles. The van der Waals surface area contributed by atoms with Gasteiger partial charge in [0.15, 0.2) is 0 Å². The van der Waals surface area contributed by atoms with E-state index in [9.17, 15) is 8.42 Å². The monoisotopic (exact) mass is 346 g/mol. The summed E-state index contributed by atoms with van der Waals surface area (Å²) in [7, 11) is -2.45. The van der Waals surface area contributed by atoms with Gasteiger partial charge in [-0.3, -0.25) is 4.72 Å². The van der Waals surface area contributed by atoms with Gasteiger partial charge in [-0.25, -0.2) is 13.4 Å². The molecule has 21 heavy (non-hydrogen) atoms. The first-order valence-corrected chi connectivity index (χ1v) is 8.07. The van der Waals surface area contributed by atoms with Crippen LogP contribution in [0.1, 0.15) is 5.69 Å². The van der Waals surface area contributed by atoms with Gasteiger partial charge >= 0.3 is 0 Å². The van der Waals surface area contributed by atoms with E-state index in [4.69, 9.17) is 27.9 Å². The van der Waals surface area contributed by atoms with Gasteiger partial charge in [-0.1, -0.05) is 23.2 Å². The highest BCUT2D eigenvalue weighted by atomic mass is 35.5. The fourth-order valence-corrected chi connectivity index (χ4v) is 3.32. The Bertz CT molecular complexity index is 779. The number of ether oxygens (including phenoxy) is 1. The maximum atomic E-state index is 12.4. The lowest BCUT2D eigenvalue weighted by Crippen LogP contribution is -2.15. The van der Waals surface area contributed by atoms with E-state index < -0.39 is 10.0 Å². The molecule has 0 unspecified atom stereocenters. The quantitative estimate of drug-likeness (QED) is 0.860. The van der Waals surface area contributed by atoms with Crippen LogP contribution in [-0.2, 0) is 10.0 Å². The Morgan fingerprint density at radius 3 is 2.52 bits per heavy atom. The molecule has 0 atom stereocenters. The van der Waals surface area contributed by atoms with Crippen LogP contribution in [0.15, 0.2) is 35.2 Å². The van der Waals surface area contributed by atoms with Crippen molar-refractivity contribution in [2.75, 3.05) is 11.8 Å². The van der Waals surface area contributed by atoms with Crippen molar-refractivity contribution in [1.29, 1.82) is 0 Å². The molecule has 112 valence electrons. The van der Waals surface area contributed by atoms with E-state index in [1.54, 1.807) is 13.0 Å². The fraction of sp³-hybridized carbons (Fsp3) is 0.154. The van der Waals surface area contributed by atoms with Gasteiger partial charge in [0.05, 0.1) is 18.5 Å². The number of hydrogen-bond acceptors (Lipinski definition) is 4. The molecule has 0 bridgehead atoms. The van der Waals surface area contributed by atoms with Crippen molar-refractivity contribution in [3.05, 3.63) is 46.2 Å². The molecule has 0 aliphatic heterocycles. The normalized spacial score (nSPS) is 11.2. The summed E-state index contributed by atoms with van der Waals surface area (Å²) in [5, 5.41) is 0.676. The third-order valence-electron chi connectivity index (χ3n) is 2.71. The van der Waals surface area contributed by atoms with Crippen LogP contribution in [0.2, 0.25) is 10.2 Å². The molecule has 0 amide bonds. The number of sulfonamides is 1. The number of rotatable bonds is 4. The zero-order chi connectivity index (χ0) is 15.6. The van der Waals surface area contributed by atoms with Crippen molar-refractivity contribution < 1.29 is 13.2 Å². The van der Waals surface area contributed by atoms with E-state index in [0.717, 1.165) is 0 Å². The third-order valence-corrected chi connectivity index (χ3v) is 4.56. The summed E-state index contributed by atoms with van der Waals surface area (Å²) in [6, 6.07) is 7.34. The first-order valence-electron chi connectivity index (χ1n) is 5.83. The van der Waals surface area contributed by atoms with Gasteiger partial charge in [-0.2, -0.15) is 0 Å². The molecule has 2 rings (SSSR count). The molecule has 1 heterocycles. The number of aromatic nitrogens is 1. The van der Waals surface area contributed by atoms with E-state index in [1.165, 1.54) is 31.4 Å². The number of anilines is 1. The predicted molar refractivity (Wildman–Crippen MR) is 82.8 cm³/mol. The smallest absolute Gasteiger partial charge is 0.265 e. The maximum absolute atomic E-state index is 12.4. The molecule has 2 aromatic rings. The Morgan fingerprint density at radius 1 is 1.19 bits per heavy atom. The molecule has 0 aliphatic rings. The fourth-order valence-electron chi connectivity index (χ4n) is 1.70. The lowest BCUT2D eigenvalue weighted by atomic mass is 10.3.